The Hall–Kier alpha value is -2.30. The molecule has 0 heterocycles. The Morgan fingerprint density at radius 3 is 2.69 bits per heavy atom. The molecular weight excluding hydrogens is 328 g/mol. The second-order valence-electron chi connectivity index (χ2n) is 8.10. The van der Waals surface area contributed by atoms with Gasteiger partial charge < -0.3 is 15.8 Å². The second-order valence-corrected chi connectivity index (χ2v) is 8.10. The quantitative estimate of drug-likeness (QED) is 0.603. The Morgan fingerprint density at radius 2 is 2.08 bits per heavy atom. The van der Waals surface area contributed by atoms with Gasteiger partial charge in [0.05, 0.1) is 12.5 Å². The van der Waals surface area contributed by atoms with Crippen LogP contribution in [0.5, 0.6) is 0 Å². The Bertz CT molecular complexity index is 739. The van der Waals surface area contributed by atoms with Gasteiger partial charge in [0.15, 0.2) is 0 Å². The van der Waals surface area contributed by atoms with Gasteiger partial charge in [-0.05, 0) is 53.7 Å². The predicted molar refractivity (Wildman–Crippen MR) is 100 cm³/mol. The van der Waals surface area contributed by atoms with Crippen LogP contribution in [0.2, 0.25) is 0 Å². The lowest BCUT2D eigenvalue weighted by molar-refractivity contribution is -0.144. The van der Waals surface area contributed by atoms with Crippen molar-refractivity contribution in [2.24, 2.45) is 23.0 Å². The maximum atomic E-state index is 12.4. The Balaban J connectivity index is 1.61. The maximum absolute atomic E-state index is 12.4. The third-order valence-electron chi connectivity index (χ3n) is 6.23. The molecule has 1 saturated carbocycles. The number of aryl methyl sites for hydroxylation is 1. The number of amides is 2. The minimum atomic E-state index is -0.650. The van der Waals surface area contributed by atoms with Crippen LogP contribution in [-0.2, 0) is 9.53 Å². The van der Waals surface area contributed by atoms with Gasteiger partial charge in [-0.25, -0.2) is 4.79 Å². The van der Waals surface area contributed by atoms with Crippen LogP contribution < -0.4 is 11.1 Å². The molecule has 140 valence electrons. The first kappa shape index (κ1) is 18.5. The van der Waals surface area contributed by atoms with Crippen molar-refractivity contribution in [2.45, 2.75) is 46.1 Å². The fourth-order valence-electron chi connectivity index (χ4n) is 4.42. The summed E-state index contributed by atoms with van der Waals surface area (Å²) in [6.45, 7) is 6.88. The van der Waals surface area contributed by atoms with Crippen LogP contribution in [0, 0.1) is 24.2 Å². The summed E-state index contributed by atoms with van der Waals surface area (Å²) in [5, 5.41) is 2.66. The lowest BCUT2D eigenvalue weighted by Gasteiger charge is -2.56. The van der Waals surface area contributed by atoms with Crippen molar-refractivity contribution in [1.29, 1.82) is 0 Å². The molecule has 1 fully saturated rings. The number of hydrogen-bond acceptors (Lipinski definition) is 3. The minimum absolute atomic E-state index is 0.0672. The molecule has 5 heteroatoms. The third-order valence-corrected chi connectivity index (χ3v) is 6.23. The van der Waals surface area contributed by atoms with Crippen LogP contribution in [0.3, 0.4) is 0 Å². The molecule has 1 unspecified atom stereocenters. The molecule has 0 spiro atoms. The van der Waals surface area contributed by atoms with E-state index in [2.05, 4.69) is 25.2 Å². The third kappa shape index (κ3) is 3.62. The van der Waals surface area contributed by atoms with E-state index in [9.17, 15) is 9.59 Å². The van der Waals surface area contributed by atoms with E-state index < -0.39 is 12.1 Å². The Labute approximate surface area is 155 Å². The van der Waals surface area contributed by atoms with E-state index in [0.29, 0.717) is 17.9 Å². The summed E-state index contributed by atoms with van der Waals surface area (Å²) in [7, 11) is 0. The van der Waals surface area contributed by atoms with Crippen LogP contribution in [0.1, 0.15) is 50.3 Å². The maximum Gasteiger partial charge on any atom is 0.312 e. The van der Waals surface area contributed by atoms with Gasteiger partial charge in [0.2, 0.25) is 0 Å². The number of nitrogens with two attached hydrogens (primary N) is 1. The van der Waals surface area contributed by atoms with Crippen molar-refractivity contribution in [3.8, 4) is 0 Å². The first-order chi connectivity index (χ1) is 12.3. The van der Waals surface area contributed by atoms with Crippen LogP contribution in [0.4, 0.5) is 4.79 Å². The van der Waals surface area contributed by atoms with Crippen molar-refractivity contribution in [2.75, 3.05) is 6.61 Å². The van der Waals surface area contributed by atoms with Gasteiger partial charge >= 0.3 is 12.0 Å². The highest BCUT2D eigenvalue weighted by molar-refractivity contribution is 5.75. The molecule has 26 heavy (non-hydrogen) atoms. The van der Waals surface area contributed by atoms with Gasteiger partial charge in [0, 0.05) is 0 Å². The van der Waals surface area contributed by atoms with Crippen LogP contribution in [-0.4, -0.2) is 18.6 Å². The number of carbonyl (C=O) groups excluding carboxylic acids is 2. The van der Waals surface area contributed by atoms with Crippen molar-refractivity contribution < 1.29 is 14.3 Å². The SMILES string of the molecule is Cc1ccccc1C(CC(=O)OCC1=CC[C@@H]2C[C@H]1C2(C)C)NC(N)=O. The van der Waals surface area contributed by atoms with Gasteiger partial charge in [0.25, 0.3) is 0 Å². The molecule has 3 aliphatic carbocycles. The first-order valence-corrected chi connectivity index (χ1v) is 9.25. The van der Waals surface area contributed by atoms with Crippen molar-refractivity contribution in [3.05, 3.63) is 47.0 Å². The zero-order valence-corrected chi connectivity index (χ0v) is 15.7. The number of ether oxygens (including phenoxy) is 1. The molecule has 0 saturated heterocycles. The number of carbonyl (C=O) groups is 2. The number of benzene rings is 1. The fraction of sp³-hybridized carbons (Fsp3) is 0.524. The van der Waals surface area contributed by atoms with Gasteiger partial charge in [0.1, 0.15) is 6.61 Å². The summed E-state index contributed by atoms with van der Waals surface area (Å²) >= 11 is 0. The summed E-state index contributed by atoms with van der Waals surface area (Å²) in [6.07, 6.45) is 4.58. The van der Waals surface area contributed by atoms with Crippen molar-refractivity contribution >= 4 is 12.0 Å². The highest BCUT2D eigenvalue weighted by Gasteiger charge is 2.51. The average molecular weight is 356 g/mol. The van der Waals surface area contributed by atoms with E-state index in [1.54, 1.807) is 0 Å². The highest BCUT2D eigenvalue weighted by atomic mass is 16.5. The summed E-state index contributed by atoms with van der Waals surface area (Å²) < 4.78 is 5.54. The lowest BCUT2D eigenvalue weighted by atomic mass is 9.49. The normalized spacial score (nSPS) is 24.0. The molecule has 4 rings (SSSR count). The topological polar surface area (TPSA) is 81.4 Å². The molecule has 0 aliphatic heterocycles. The van der Waals surface area contributed by atoms with E-state index in [1.807, 2.05) is 31.2 Å². The molecule has 3 aliphatic rings. The van der Waals surface area contributed by atoms with E-state index in [0.717, 1.165) is 23.5 Å². The first-order valence-electron chi connectivity index (χ1n) is 9.25. The molecule has 0 aromatic heterocycles. The Kier molecular flexibility index (Phi) is 5.08. The molecule has 0 radical (unpaired) electrons. The molecular formula is C21H28N2O3. The van der Waals surface area contributed by atoms with Crippen LogP contribution >= 0.6 is 0 Å². The fourth-order valence-corrected chi connectivity index (χ4v) is 4.42. The average Bonchev–Trinajstić information content (AvgIpc) is 2.59. The molecule has 3 N–H and O–H groups in total. The van der Waals surface area contributed by atoms with Gasteiger partial charge in [-0.1, -0.05) is 44.2 Å². The summed E-state index contributed by atoms with van der Waals surface area (Å²) in [5.74, 6) is 0.953. The number of fused-ring (bicyclic) bond motifs is 1. The molecule has 1 aromatic rings. The number of rotatable bonds is 6. The van der Waals surface area contributed by atoms with E-state index in [4.69, 9.17) is 10.5 Å². The van der Waals surface area contributed by atoms with Gasteiger partial charge in [-0.3, -0.25) is 4.79 Å². The number of hydrogen-bond donors (Lipinski definition) is 2. The zero-order valence-electron chi connectivity index (χ0n) is 15.7. The number of esters is 1. The number of primary amides is 1. The van der Waals surface area contributed by atoms with E-state index in [1.165, 1.54) is 12.0 Å². The monoisotopic (exact) mass is 356 g/mol. The summed E-state index contributed by atoms with van der Waals surface area (Å²) in [6, 6.07) is 6.50. The second kappa shape index (κ2) is 7.14. The molecule has 2 amide bonds. The highest BCUT2D eigenvalue weighted by Crippen LogP contribution is 2.59. The summed E-state index contributed by atoms with van der Waals surface area (Å²) in [5.41, 5.74) is 8.71. The molecule has 3 atom stereocenters. The largest absolute Gasteiger partial charge is 0.461 e. The lowest BCUT2D eigenvalue weighted by Crippen LogP contribution is -2.48. The molecule has 2 bridgehead atoms. The van der Waals surface area contributed by atoms with Crippen molar-refractivity contribution in [3.63, 3.8) is 0 Å². The number of nitrogens with one attached hydrogen (secondary N) is 1. The minimum Gasteiger partial charge on any atom is -0.461 e. The summed E-state index contributed by atoms with van der Waals surface area (Å²) in [4.78, 5) is 23.8. The zero-order chi connectivity index (χ0) is 18.9. The number of allylic oxidation sites excluding steroid dienone is 1. The van der Waals surface area contributed by atoms with Crippen LogP contribution in [0.15, 0.2) is 35.9 Å². The van der Waals surface area contributed by atoms with Gasteiger partial charge in [-0.2, -0.15) is 0 Å². The standard InChI is InChI=1S/C21H28N2O3/c1-13-6-4-5-7-16(13)18(23-20(22)25)11-19(24)26-12-14-8-9-15-10-17(14)21(15,2)3/h4-8,15,17-18H,9-12H2,1-3H3,(H3,22,23,25)/t15-,17-,18?/m1/s1. The predicted octanol–water partition coefficient (Wildman–Crippen LogP) is 3.63. The molecule has 1 aromatic carbocycles. The number of urea groups is 1. The van der Waals surface area contributed by atoms with Gasteiger partial charge in [-0.15, -0.1) is 0 Å². The molecule has 5 nitrogen and oxygen atoms in total. The smallest absolute Gasteiger partial charge is 0.312 e. The van der Waals surface area contributed by atoms with E-state index in [-0.39, 0.29) is 12.4 Å². The van der Waals surface area contributed by atoms with Crippen molar-refractivity contribution in [1.82, 2.24) is 5.32 Å². The Morgan fingerprint density at radius 1 is 1.35 bits per heavy atom. The van der Waals surface area contributed by atoms with Crippen LogP contribution in [0.25, 0.3) is 0 Å². The van der Waals surface area contributed by atoms with E-state index >= 15 is 0 Å².